The quantitative estimate of drug-likeness (QED) is 0.202. The summed E-state index contributed by atoms with van der Waals surface area (Å²) in [5.74, 6) is -2.10. The van der Waals surface area contributed by atoms with E-state index in [1.54, 1.807) is 6.92 Å². The molecule has 4 N–H and O–H groups in total. The Morgan fingerprint density at radius 1 is 0.929 bits per heavy atom. The average Bonchev–Trinajstić information content (AvgIpc) is 3.63. The lowest BCUT2D eigenvalue weighted by Gasteiger charge is -2.25. The molecule has 5 rings (SSSR count). The molecule has 0 saturated carbocycles. The molecule has 1 aliphatic carbocycles. The van der Waals surface area contributed by atoms with Crippen LogP contribution in [0.2, 0.25) is 0 Å². The summed E-state index contributed by atoms with van der Waals surface area (Å²) in [7, 11) is 0. The summed E-state index contributed by atoms with van der Waals surface area (Å²) >= 11 is 0. The van der Waals surface area contributed by atoms with Gasteiger partial charge >= 0.3 is 12.1 Å². The number of H-pyrrole nitrogens is 1. The summed E-state index contributed by atoms with van der Waals surface area (Å²) in [5.41, 5.74) is 5.77. The number of carboxylic acid groups (broad SMARTS) is 1. The summed E-state index contributed by atoms with van der Waals surface area (Å²) in [6, 6.07) is 22.8. The van der Waals surface area contributed by atoms with Gasteiger partial charge in [0.2, 0.25) is 5.91 Å². The summed E-state index contributed by atoms with van der Waals surface area (Å²) < 4.78 is 11.4. The molecule has 0 aliphatic heterocycles. The number of hydrogen-bond acceptors (Lipinski definition) is 6. The number of fused-ring (bicyclic) bond motifs is 3. The fourth-order valence-corrected chi connectivity index (χ4v) is 5.14. The van der Waals surface area contributed by atoms with Crippen LogP contribution < -0.4 is 10.6 Å². The summed E-state index contributed by atoms with van der Waals surface area (Å²) in [4.78, 5) is 45.3. The molecule has 2 unspecified atom stereocenters. The number of aromatic nitrogens is 2. The van der Waals surface area contributed by atoms with Crippen molar-refractivity contribution in [2.24, 2.45) is 0 Å². The van der Waals surface area contributed by atoms with Crippen LogP contribution in [-0.2, 0) is 32.1 Å². The average molecular weight is 569 g/mol. The first kappa shape index (κ1) is 28.6. The van der Waals surface area contributed by atoms with E-state index in [-0.39, 0.29) is 25.6 Å². The number of benzene rings is 3. The van der Waals surface area contributed by atoms with E-state index >= 15 is 0 Å². The van der Waals surface area contributed by atoms with Crippen molar-refractivity contribution in [2.45, 2.75) is 44.1 Å². The van der Waals surface area contributed by atoms with Gasteiger partial charge in [-0.1, -0.05) is 78.9 Å². The van der Waals surface area contributed by atoms with Crippen molar-refractivity contribution in [3.8, 4) is 11.1 Å². The Morgan fingerprint density at radius 3 is 2.19 bits per heavy atom. The van der Waals surface area contributed by atoms with E-state index in [9.17, 15) is 19.5 Å². The summed E-state index contributed by atoms with van der Waals surface area (Å²) in [6.45, 7) is 1.82. The van der Waals surface area contributed by atoms with E-state index in [4.69, 9.17) is 9.47 Å². The molecule has 0 fully saturated rings. The van der Waals surface area contributed by atoms with Gasteiger partial charge in [0.05, 0.1) is 19.0 Å². The van der Waals surface area contributed by atoms with E-state index in [1.165, 1.54) is 12.5 Å². The third kappa shape index (κ3) is 6.67. The number of alkyl carbamates (subject to hydrolysis) is 1. The number of imidazole rings is 1. The third-order valence-corrected chi connectivity index (χ3v) is 7.32. The SMILES string of the molecule is CC(OCc1ccccc1)C(NC(=O)[C@H](Cc1cnc[nH]1)NC(=O)OCC1c2ccccc2-c2ccccc21)C(=O)O. The highest BCUT2D eigenvalue weighted by Crippen LogP contribution is 2.44. The molecule has 42 heavy (non-hydrogen) atoms. The predicted octanol–water partition coefficient (Wildman–Crippen LogP) is 4.03. The van der Waals surface area contributed by atoms with E-state index in [0.717, 1.165) is 27.8 Å². The highest BCUT2D eigenvalue weighted by molar-refractivity contribution is 5.89. The molecule has 10 nitrogen and oxygen atoms in total. The molecule has 2 amide bonds. The van der Waals surface area contributed by atoms with Crippen LogP contribution in [0.3, 0.4) is 0 Å². The predicted molar refractivity (Wildman–Crippen MR) is 155 cm³/mol. The minimum Gasteiger partial charge on any atom is -0.480 e. The molecular weight excluding hydrogens is 536 g/mol. The van der Waals surface area contributed by atoms with Crippen LogP contribution in [0.15, 0.2) is 91.4 Å². The maximum absolute atomic E-state index is 13.4. The van der Waals surface area contributed by atoms with Crippen LogP contribution in [0.4, 0.5) is 4.79 Å². The van der Waals surface area contributed by atoms with Crippen molar-refractivity contribution >= 4 is 18.0 Å². The molecule has 1 aliphatic rings. The number of amides is 2. The molecule has 4 aromatic rings. The number of carbonyl (C=O) groups is 3. The number of ether oxygens (including phenoxy) is 2. The van der Waals surface area contributed by atoms with Gasteiger partial charge in [-0.2, -0.15) is 0 Å². The molecule has 3 atom stereocenters. The molecule has 0 spiro atoms. The Hall–Kier alpha value is -4.96. The number of aromatic amines is 1. The number of nitrogens with zero attached hydrogens (tertiary/aromatic N) is 1. The highest BCUT2D eigenvalue weighted by Gasteiger charge is 2.33. The monoisotopic (exact) mass is 568 g/mol. The number of nitrogens with one attached hydrogen (secondary N) is 3. The molecule has 10 heteroatoms. The van der Waals surface area contributed by atoms with Crippen LogP contribution >= 0.6 is 0 Å². The van der Waals surface area contributed by atoms with Gasteiger partial charge in [0, 0.05) is 24.2 Å². The van der Waals surface area contributed by atoms with Gasteiger partial charge in [0.25, 0.3) is 0 Å². The first-order chi connectivity index (χ1) is 20.4. The summed E-state index contributed by atoms with van der Waals surface area (Å²) in [5, 5.41) is 15.0. The van der Waals surface area contributed by atoms with Crippen molar-refractivity contribution in [3.63, 3.8) is 0 Å². The number of carboxylic acids is 1. The second-order valence-corrected chi connectivity index (χ2v) is 10.1. The lowest BCUT2D eigenvalue weighted by molar-refractivity contribution is -0.146. The van der Waals surface area contributed by atoms with Crippen LogP contribution in [0.1, 0.15) is 35.2 Å². The zero-order valence-electron chi connectivity index (χ0n) is 23.0. The van der Waals surface area contributed by atoms with E-state index < -0.39 is 36.2 Å². The van der Waals surface area contributed by atoms with Crippen molar-refractivity contribution < 1.29 is 29.0 Å². The summed E-state index contributed by atoms with van der Waals surface area (Å²) in [6.07, 6.45) is 1.38. The molecule has 1 heterocycles. The van der Waals surface area contributed by atoms with Crippen molar-refractivity contribution in [1.82, 2.24) is 20.6 Å². The highest BCUT2D eigenvalue weighted by atomic mass is 16.5. The normalized spacial score (nSPS) is 14.2. The largest absolute Gasteiger partial charge is 0.480 e. The number of rotatable bonds is 12. The Kier molecular flexibility index (Phi) is 8.93. The molecule has 0 saturated heterocycles. The number of carbonyl (C=O) groups excluding carboxylic acids is 2. The molecule has 0 radical (unpaired) electrons. The molecule has 216 valence electrons. The Labute approximate surface area is 243 Å². The van der Waals surface area contributed by atoms with Crippen LogP contribution in [-0.4, -0.2) is 57.8 Å². The lowest BCUT2D eigenvalue weighted by Crippen LogP contribution is -2.55. The molecular formula is C32H32N4O6. The zero-order valence-corrected chi connectivity index (χ0v) is 23.0. The minimum absolute atomic E-state index is 0.0433. The fourth-order valence-electron chi connectivity index (χ4n) is 5.14. The van der Waals surface area contributed by atoms with Crippen molar-refractivity contribution in [2.75, 3.05) is 6.61 Å². The molecule has 0 bridgehead atoms. The van der Waals surface area contributed by atoms with Crippen molar-refractivity contribution in [1.29, 1.82) is 0 Å². The fraction of sp³-hybridized carbons (Fsp3) is 0.250. The van der Waals surface area contributed by atoms with Crippen LogP contribution in [0, 0.1) is 0 Å². The maximum Gasteiger partial charge on any atom is 0.407 e. The van der Waals surface area contributed by atoms with E-state index in [0.29, 0.717) is 5.69 Å². The molecule has 3 aromatic carbocycles. The number of hydrogen-bond donors (Lipinski definition) is 4. The molecule has 1 aromatic heterocycles. The number of aliphatic carboxylic acids is 1. The Morgan fingerprint density at radius 2 is 1.57 bits per heavy atom. The van der Waals surface area contributed by atoms with Crippen LogP contribution in [0.25, 0.3) is 11.1 Å². The lowest BCUT2D eigenvalue weighted by atomic mass is 9.98. The second kappa shape index (κ2) is 13.1. The maximum atomic E-state index is 13.4. The standard InChI is InChI=1S/C32H32N4O6/c1-20(41-17-21-9-3-2-4-10-21)29(31(38)39)36-30(37)28(15-22-16-33-19-34-22)35-32(40)42-18-27-25-13-7-5-11-23(25)24-12-6-8-14-26(24)27/h2-14,16,19-20,27-29H,15,17-18H2,1H3,(H,33,34)(H,35,40)(H,36,37)(H,38,39)/t20?,28-,29?/m0/s1. The first-order valence-corrected chi connectivity index (χ1v) is 13.7. The second-order valence-electron chi connectivity index (χ2n) is 10.1. The Bertz CT molecular complexity index is 1480. The van der Waals surface area contributed by atoms with Gasteiger partial charge in [-0.15, -0.1) is 0 Å². The van der Waals surface area contributed by atoms with Gasteiger partial charge < -0.3 is 30.2 Å². The first-order valence-electron chi connectivity index (χ1n) is 13.7. The van der Waals surface area contributed by atoms with Gasteiger partial charge in [0.15, 0.2) is 6.04 Å². The zero-order chi connectivity index (χ0) is 29.5. The van der Waals surface area contributed by atoms with E-state index in [2.05, 4.69) is 20.6 Å². The third-order valence-electron chi connectivity index (χ3n) is 7.32. The van der Waals surface area contributed by atoms with Gasteiger partial charge in [0.1, 0.15) is 12.6 Å². The van der Waals surface area contributed by atoms with Gasteiger partial charge in [-0.3, -0.25) is 4.79 Å². The minimum atomic E-state index is -1.35. The van der Waals surface area contributed by atoms with Gasteiger partial charge in [-0.05, 0) is 34.7 Å². The van der Waals surface area contributed by atoms with Crippen molar-refractivity contribution in [3.05, 3.63) is 114 Å². The Balaban J connectivity index is 1.24. The van der Waals surface area contributed by atoms with Gasteiger partial charge in [-0.25, -0.2) is 14.6 Å². The smallest absolute Gasteiger partial charge is 0.407 e. The van der Waals surface area contributed by atoms with Crippen LogP contribution in [0.5, 0.6) is 0 Å². The van der Waals surface area contributed by atoms with E-state index in [1.807, 2.05) is 78.9 Å². The topological polar surface area (TPSA) is 143 Å².